The van der Waals surface area contributed by atoms with Gasteiger partial charge in [0.05, 0.1) is 11.4 Å². The Kier molecular flexibility index (Phi) is 6.62. The smallest absolute Gasteiger partial charge is 0.293 e. The van der Waals surface area contributed by atoms with Gasteiger partial charge in [0.15, 0.2) is 0 Å². The first-order valence-electron chi connectivity index (χ1n) is 12.2. The fourth-order valence-electron chi connectivity index (χ4n) is 4.69. The second-order valence-electron chi connectivity index (χ2n) is 8.98. The first-order valence-corrected chi connectivity index (χ1v) is 13.4. The highest BCUT2D eigenvalue weighted by atomic mass is 35.5. The molecule has 0 spiro atoms. The Morgan fingerprint density at radius 3 is 2.21 bits per heavy atom. The molecule has 4 nitrogen and oxygen atoms in total. The molecule has 38 heavy (non-hydrogen) atoms. The summed E-state index contributed by atoms with van der Waals surface area (Å²) in [5.74, 6) is 0.308. The number of ether oxygens (including phenoxy) is 1. The number of fused-ring (bicyclic) bond motifs is 2. The molecule has 0 aromatic heterocycles. The predicted octanol–water partition coefficient (Wildman–Crippen LogP) is 8.46. The van der Waals surface area contributed by atoms with Crippen LogP contribution in [-0.2, 0) is 17.9 Å². The summed E-state index contributed by atoms with van der Waals surface area (Å²) in [6.07, 6.45) is 1.78. The molecule has 1 heterocycles. The van der Waals surface area contributed by atoms with Crippen LogP contribution in [0.5, 0.6) is 5.75 Å². The van der Waals surface area contributed by atoms with Gasteiger partial charge in [0.25, 0.3) is 11.1 Å². The van der Waals surface area contributed by atoms with Crippen LogP contribution >= 0.6 is 23.4 Å². The summed E-state index contributed by atoms with van der Waals surface area (Å²) in [5.41, 5.74) is 2.57. The van der Waals surface area contributed by atoms with Crippen LogP contribution < -0.4 is 4.74 Å². The van der Waals surface area contributed by atoms with E-state index in [1.807, 2.05) is 72.8 Å². The average Bonchev–Trinajstić information content (AvgIpc) is 3.21. The van der Waals surface area contributed by atoms with Gasteiger partial charge >= 0.3 is 0 Å². The lowest BCUT2D eigenvalue weighted by molar-refractivity contribution is -0.123. The minimum absolute atomic E-state index is 0.127. The highest BCUT2D eigenvalue weighted by Gasteiger charge is 2.35. The third-order valence-electron chi connectivity index (χ3n) is 6.63. The van der Waals surface area contributed by atoms with E-state index in [9.17, 15) is 9.59 Å². The molecule has 0 N–H and O–H groups in total. The number of carbonyl (C=O) groups excluding carboxylic acids is 2. The van der Waals surface area contributed by atoms with E-state index >= 15 is 0 Å². The van der Waals surface area contributed by atoms with E-state index in [4.69, 9.17) is 16.3 Å². The summed E-state index contributed by atoms with van der Waals surface area (Å²) in [7, 11) is 0. The monoisotopic (exact) mass is 535 g/mol. The molecule has 2 amide bonds. The van der Waals surface area contributed by atoms with Crippen LogP contribution in [0.25, 0.3) is 27.6 Å². The van der Waals surface area contributed by atoms with Crippen molar-refractivity contribution in [3.8, 4) is 5.75 Å². The first kappa shape index (κ1) is 24.3. The van der Waals surface area contributed by atoms with Gasteiger partial charge in [-0.25, -0.2) is 0 Å². The summed E-state index contributed by atoms with van der Waals surface area (Å²) in [6, 6.07) is 33.5. The van der Waals surface area contributed by atoms with Crippen LogP contribution in [0.4, 0.5) is 4.79 Å². The topological polar surface area (TPSA) is 46.6 Å². The van der Waals surface area contributed by atoms with E-state index < -0.39 is 0 Å². The van der Waals surface area contributed by atoms with E-state index in [1.165, 1.54) is 4.90 Å². The number of nitrogens with zero attached hydrogens (tertiary/aromatic N) is 1. The zero-order valence-electron chi connectivity index (χ0n) is 20.3. The number of hydrogen-bond donors (Lipinski definition) is 0. The lowest BCUT2D eigenvalue weighted by Gasteiger charge is -2.14. The van der Waals surface area contributed by atoms with E-state index in [0.717, 1.165) is 50.0 Å². The summed E-state index contributed by atoms with van der Waals surface area (Å²) in [4.78, 5) is 27.8. The van der Waals surface area contributed by atoms with Gasteiger partial charge in [0, 0.05) is 10.6 Å². The molecule has 0 radical (unpaired) electrons. The van der Waals surface area contributed by atoms with Crippen molar-refractivity contribution in [1.82, 2.24) is 4.90 Å². The molecule has 0 atom stereocenters. The third kappa shape index (κ3) is 4.67. The maximum atomic E-state index is 13.3. The Morgan fingerprint density at radius 2 is 1.39 bits per heavy atom. The minimum Gasteiger partial charge on any atom is -0.488 e. The third-order valence-corrected chi connectivity index (χ3v) is 7.91. The number of halogens is 1. The van der Waals surface area contributed by atoms with Crippen LogP contribution in [0.2, 0.25) is 5.02 Å². The number of amides is 2. The predicted molar refractivity (Wildman–Crippen MR) is 155 cm³/mol. The number of carbonyl (C=O) groups is 2. The van der Waals surface area contributed by atoms with E-state index in [1.54, 1.807) is 12.1 Å². The Hall–Kier alpha value is -4.06. The Morgan fingerprint density at radius 1 is 0.737 bits per heavy atom. The van der Waals surface area contributed by atoms with Crippen molar-refractivity contribution in [3.63, 3.8) is 0 Å². The fourth-order valence-corrected chi connectivity index (χ4v) is 5.70. The van der Waals surface area contributed by atoms with E-state index in [-0.39, 0.29) is 17.7 Å². The van der Waals surface area contributed by atoms with Gasteiger partial charge in [-0.2, -0.15) is 0 Å². The molecule has 6 rings (SSSR count). The summed E-state index contributed by atoms with van der Waals surface area (Å²) < 4.78 is 6.37. The van der Waals surface area contributed by atoms with Crippen molar-refractivity contribution < 1.29 is 14.3 Å². The van der Waals surface area contributed by atoms with Crippen molar-refractivity contribution >= 4 is 62.1 Å². The maximum absolute atomic E-state index is 13.3. The fraction of sp³-hybridized carbons (Fsp3) is 0.0625. The van der Waals surface area contributed by atoms with Crippen LogP contribution in [0.15, 0.2) is 108 Å². The number of rotatable bonds is 6. The molecule has 1 aliphatic rings. The Bertz CT molecular complexity index is 1740. The SMILES string of the molecule is O=C1S/C(=C\c2c(OCc3cccc4ccccc34)ccc3ccccc23)C(=O)N1Cc1ccccc1Cl. The van der Waals surface area contributed by atoms with E-state index in [2.05, 4.69) is 24.3 Å². The lowest BCUT2D eigenvalue weighted by Crippen LogP contribution is -2.27. The van der Waals surface area contributed by atoms with Crippen molar-refractivity contribution in [2.24, 2.45) is 0 Å². The molecule has 0 bridgehead atoms. The molecule has 6 heteroatoms. The molecule has 1 aliphatic heterocycles. The normalized spacial score (nSPS) is 14.7. The molecule has 0 aliphatic carbocycles. The van der Waals surface area contributed by atoms with Gasteiger partial charge in [-0.15, -0.1) is 0 Å². The van der Waals surface area contributed by atoms with Gasteiger partial charge in [-0.1, -0.05) is 103 Å². The highest BCUT2D eigenvalue weighted by molar-refractivity contribution is 8.18. The molecule has 1 fully saturated rings. The van der Waals surface area contributed by atoms with Gasteiger partial charge in [0.2, 0.25) is 0 Å². The zero-order valence-corrected chi connectivity index (χ0v) is 21.8. The van der Waals surface area contributed by atoms with Gasteiger partial charge in [0.1, 0.15) is 12.4 Å². The lowest BCUT2D eigenvalue weighted by atomic mass is 10.0. The van der Waals surface area contributed by atoms with Crippen molar-refractivity contribution in [3.05, 3.63) is 130 Å². The molecule has 5 aromatic rings. The molecule has 0 unspecified atom stereocenters. The Balaban J connectivity index is 1.35. The van der Waals surface area contributed by atoms with Crippen LogP contribution in [-0.4, -0.2) is 16.0 Å². The summed E-state index contributed by atoms with van der Waals surface area (Å²) in [6.45, 7) is 0.496. The molecule has 1 saturated heterocycles. The molecule has 186 valence electrons. The van der Waals surface area contributed by atoms with Crippen LogP contribution in [0, 0.1) is 0 Å². The van der Waals surface area contributed by atoms with Crippen molar-refractivity contribution in [1.29, 1.82) is 0 Å². The minimum atomic E-state index is -0.340. The van der Waals surface area contributed by atoms with Crippen molar-refractivity contribution in [2.45, 2.75) is 13.2 Å². The van der Waals surface area contributed by atoms with Crippen molar-refractivity contribution in [2.75, 3.05) is 0 Å². The van der Waals surface area contributed by atoms with Crippen LogP contribution in [0.3, 0.4) is 0 Å². The summed E-state index contributed by atoms with van der Waals surface area (Å²) >= 11 is 7.22. The summed E-state index contributed by atoms with van der Waals surface area (Å²) in [5, 5.41) is 4.46. The number of benzene rings is 5. The number of hydrogen-bond acceptors (Lipinski definition) is 4. The zero-order chi connectivity index (χ0) is 26.1. The average molecular weight is 536 g/mol. The highest BCUT2D eigenvalue weighted by Crippen LogP contribution is 2.38. The quantitative estimate of drug-likeness (QED) is 0.205. The van der Waals surface area contributed by atoms with Crippen LogP contribution in [0.1, 0.15) is 16.7 Å². The largest absolute Gasteiger partial charge is 0.488 e. The second-order valence-corrected chi connectivity index (χ2v) is 10.4. The molecule has 5 aromatic carbocycles. The second kappa shape index (κ2) is 10.4. The number of thioether (sulfide) groups is 1. The number of imide groups is 1. The first-order chi connectivity index (χ1) is 18.6. The maximum Gasteiger partial charge on any atom is 0.293 e. The molecule has 0 saturated carbocycles. The Labute approximate surface area is 229 Å². The van der Waals surface area contributed by atoms with Gasteiger partial charge < -0.3 is 4.74 Å². The molecular weight excluding hydrogens is 514 g/mol. The van der Waals surface area contributed by atoms with E-state index in [0.29, 0.717) is 22.3 Å². The van der Waals surface area contributed by atoms with Gasteiger partial charge in [-0.05, 0) is 62.6 Å². The van der Waals surface area contributed by atoms with Gasteiger partial charge in [-0.3, -0.25) is 14.5 Å². The standard InChI is InChI=1S/C32H22ClNO3S/c33-28-15-6-3-10-23(28)19-34-31(35)30(38-32(34)36)18-27-26-14-5-2-9-22(26)16-17-29(27)37-20-24-12-7-11-21-8-1-4-13-25(21)24/h1-18H,19-20H2/b30-18-. The molecular formula is C32H22ClNO3S.